The minimum absolute atomic E-state index is 0.000819. The van der Waals surface area contributed by atoms with Crippen molar-refractivity contribution in [1.29, 1.82) is 10.8 Å². The number of likely N-dealkylation sites (tertiary alicyclic amines) is 4. The number of benzene rings is 4. The summed E-state index contributed by atoms with van der Waals surface area (Å²) in [5.41, 5.74) is 11.0. The quantitative estimate of drug-likeness (QED) is 0.0130. The first-order valence-corrected chi connectivity index (χ1v) is 57.2. The Kier molecular flexibility index (Phi) is 53.3. The van der Waals surface area contributed by atoms with Gasteiger partial charge in [-0.1, -0.05) is 262 Å². The van der Waals surface area contributed by atoms with Gasteiger partial charge in [-0.3, -0.25) is 61.9 Å². The van der Waals surface area contributed by atoms with Crippen LogP contribution in [-0.2, 0) is 64.0 Å². The summed E-state index contributed by atoms with van der Waals surface area (Å²) in [7, 11) is -1.00. The van der Waals surface area contributed by atoms with E-state index < -0.39 is 54.2 Å². The number of carbonyl (C=O) groups is 12. The van der Waals surface area contributed by atoms with Crippen molar-refractivity contribution in [2.24, 2.45) is 41.2 Å². The summed E-state index contributed by atoms with van der Waals surface area (Å²) in [4.78, 5) is 162. The lowest BCUT2D eigenvalue weighted by molar-refractivity contribution is -0.142. The van der Waals surface area contributed by atoms with Gasteiger partial charge in [-0.25, -0.2) is 0 Å². The first kappa shape index (κ1) is 121. The summed E-state index contributed by atoms with van der Waals surface area (Å²) >= 11 is 10.8. The molecule has 44 heteroatoms. The monoisotopic (exact) mass is 2270 g/mol. The summed E-state index contributed by atoms with van der Waals surface area (Å²) in [6.07, 6.45) is 29.8. The molecular formula is C106H146Br2FN21O16S4. The molecule has 16 rings (SSSR count). The van der Waals surface area contributed by atoms with Gasteiger partial charge in [-0.15, -0.1) is 20.4 Å². The van der Waals surface area contributed by atoms with E-state index in [0.717, 1.165) is 197 Å². The molecule has 816 valence electrons. The van der Waals surface area contributed by atoms with Crippen molar-refractivity contribution in [2.45, 2.75) is 298 Å². The van der Waals surface area contributed by atoms with Crippen molar-refractivity contribution in [3.63, 3.8) is 0 Å². The average Bonchev–Trinajstić information content (AvgIpc) is 1.71. The standard InChI is InChI=1S/C28H38N4O4S.C27H37N5O4S.C24H30BrN5O3S.C21H26N4O2S.C3H5BrO2.C2H7NO.CH3F.N2/c1-19(10-9-17-33)27(35)29-26(21-13-6-3-7-14-21)28(36)32-16-8-15-22(32)23(34)18-24-25(30-31-37-24)20-11-4-2-5-12-20;1-18(10-9-17-33)24(34)28-23(20-13-6-3-7-14-20)27(36)32-16-8-15-21(32)25(35)29-26-22(30-31-37-26)19-11-4-2-5-12-19;1-15(25)21(31)26-20(17-11-6-3-7-12-17)24(33)30-14-8-13-18(30)22(32)27-23-19(28-29-34-23)16-9-4-2-5-10-16;26-18(14-15-8-3-1-4-9-15)25-13-7-12-17(25)20(27)22-21-19(23-24-28-21)16-10-5-2-6-11-16;1-2(4)3(5)6;3-1-2-4;2*1-2/h2,4-5,11-12,19,21-22,26,33H,3,6-10,13-18H2,1H3,(H,29,35);2,4-5,11-12,18,20-21,23,33H,3,6-10,13-17H2,1H3,(H,28,34)(H,29,35);2,4-5,9-10,15,17-18,20H,3,6-8,11-14H2,1H3,(H,26,31)(H,27,32);2,5-6,10-11,15,17H,1,3-4,7-9,12-14H2,(H,22,27);2H,1H3,(H,5,6);4H,1-3H2;1H3;/t19-,22-,26-;18-,21+,23+;15?,18-,20-;17-;;;;/m0100..../s1/i;;;;;;1D;. The van der Waals surface area contributed by atoms with E-state index in [2.05, 4.69) is 102 Å². The van der Waals surface area contributed by atoms with Gasteiger partial charge >= 0.3 is 5.97 Å². The lowest BCUT2D eigenvalue weighted by atomic mass is 9.83. The predicted molar refractivity (Wildman–Crippen MR) is 584 cm³/mol. The van der Waals surface area contributed by atoms with E-state index in [-0.39, 0.29) is 132 Å². The fourth-order valence-electron chi connectivity index (χ4n) is 20.2. The molecule has 8 aromatic rings. The van der Waals surface area contributed by atoms with Crippen LogP contribution in [0.2, 0.25) is 0 Å². The van der Waals surface area contributed by atoms with E-state index in [1.54, 1.807) is 33.4 Å². The summed E-state index contributed by atoms with van der Waals surface area (Å²) in [5, 5.41) is 82.5. The van der Waals surface area contributed by atoms with Crippen LogP contribution in [0.25, 0.3) is 45.0 Å². The van der Waals surface area contributed by atoms with Gasteiger partial charge in [0.25, 0.3) is 0 Å². The van der Waals surface area contributed by atoms with Crippen LogP contribution in [0.4, 0.5) is 19.4 Å². The number of nitrogens with two attached hydrogens (primary N) is 1. The van der Waals surface area contributed by atoms with Crippen molar-refractivity contribution in [3.05, 3.63) is 126 Å². The van der Waals surface area contributed by atoms with Crippen LogP contribution >= 0.6 is 78.0 Å². The van der Waals surface area contributed by atoms with Gasteiger partial charge in [0.15, 0.2) is 5.78 Å². The van der Waals surface area contributed by atoms with Crippen molar-refractivity contribution in [2.75, 3.05) is 75.6 Å². The molecule has 8 fully saturated rings. The molecule has 0 bridgehead atoms. The lowest BCUT2D eigenvalue weighted by Gasteiger charge is -2.35. The van der Waals surface area contributed by atoms with Gasteiger partial charge in [0.1, 0.15) is 78.9 Å². The number of hydrogen-bond acceptors (Lipinski definition) is 30. The minimum atomic E-state index is -1.00. The van der Waals surface area contributed by atoms with Crippen LogP contribution in [0, 0.1) is 46.3 Å². The highest BCUT2D eigenvalue weighted by Gasteiger charge is 2.46. The fourth-order valence-corrected chi connectivity index (χ4v) is 22.8. The number of rotatable bonds is 35. The summed E-state index contributed by atoms with van der Waals surface area (Å²) in [6.45, 7) is 9.72. The molecule has 11 atom stereocenters. The molecule has 4 aliphatic heterocycles. The van der Waals surface area contributed by atoms with Gasteiger partial charge in [0.2, 0.25) is 59.1 Å². The second kappa shape index (κ2) is 66.2. The van der Waals surface area contributed by atoms with Crippen molar-refractivity contribution < 1.29 is 83.7 Å². The molecule has 4 aromatic carbocycles. The smallest absolute Gasteiger partial charge is 0.316 e. The molecule has 8 aliphatic rings. The summed E-state index contributed by atoms with van der Waals surface area (Å²) < 4.78 is 31.6. The number of aliphatic carboxylic acids is 1. The van der Waals surface area contributed by atoms with Crippen LogP contribution in [-0.4, -0.2) is 261 Å². The lowest BCUT2D eigenvalue weighted by Crippen LogP contribution is -2.56. The molecule has 8 heterocycles. The molecule has 4 aliphatic carbocycles. The van der Waals surface area contributed by atoms with Crippen molar-refractivity contribution >= 4 is 164 Å². The number of hydrogen-bond donors (Lipinski definition) is 11. The third-order valence-electron chi connectivity index (χ3n) is 28.3. The van der Waals surface area contributed by atoms with Gasteiger partial charge in [-0.05, 0) is 177 Å². The molecule has 4 aromatic heterocycles. The van der Waals surface area contributed by atoms with Crippen LogP contribution in [0.15, 0.2) is 121 Å². The number of Topliss-reactive ketones (excluding diaryl/α,β-unsaturated/α-hetero) is 1. The number of ketones is 1. The first-order chi connectivity index (χ1) is 73.1. The number of nitrogens with zero attached hydrogens (tertiary/aromatic N) is 14. The van der Waals surface area contributed by atoms with Gasteiger partial charge < -0.3 is 77.7 Å². The Labute approximate surface area is 911 Å². The number of aromatic nitrogens is 8. The average molecular weight is 2280 g/mol. The Morgan fingerprint density at radius 1 is 0.413 bits per heavy atom. The maximum absolute atomic E-state index is 13.9. The number of nitrogens with one attached hydrogen (secondary N) is 6. The van der Waals surface area contributed by atoms with E-state index in [9.17, 15) is 61.9 Å². The molecule has 4 saturated carbocycles. The maximum Gasteiger partial charge on any atom is 0.316 e. The summed E-state index contributed by atoms with van der Waals surface area (Å²) in [6, 6.07) is 34.6. The second-order valence-corrected chi connectivity index (χ2v) is 44.6. The Bertz CT molecular complexity index is 5360. The zero-order valence-electron chi connectivity index (χ0n) is 86.9. The number of carboxylic acids is 1. The van der Waals surface area contributed by atoms with Crippen molar-refractivity contribution in [3.8, 4) is 45.0 Å². The van der Waals surface area contributed by atoms with Crippen molar-refractivity contribution in [1.82, 2.24) is 73.9 Å². The highest BCUT2D eigenvalue weighted by Crippen LogP contribution is 2.40. The molecule has 0 radical (unpaired) electrons. The van der Waals surface area contributed by atoms with E-state index >= 15 is 0 Å². The molecule has 150 heavy (non-hydrogen) atoms. The van der Waals surface area contributed by atoms with E-state index in [4.69, 9.17) is 38.3 Å². The number of carbonyl (C=O) groups excluding carboxylic acids is 11. The highest BCUT2D eigenvalue weighted by atomic mass is 79.9. The zero-order valence-corrected chi connectivity index (χ0v) is 92.3. The minimum Gasteiger partial charge on any atom is -0.480 e. The predicted octanol–water partition coefficient (Wildman–Crippen LogP) is 15.9. The number of halogens is 3. The number of aliphatic hydroxyl groups excluding tert-OH is 3. The molecule has 4 saturated heterocycles. The molecular weight excluding hydrogens is 2130 g/mol. The first-order valence-electron chi connectivity index (χ1n) is 53.0. The number of carboxylic acid groups (broad SMARTS) is 1. The number of anilines is 3. The third-order valence-corrected chi connectivity index (χ3v) is 31.7. The third kappa shape index (κ3) is 37.0. The molecule has 10 amide bonds. The second-order valence-electron chi connectivity index (χ2n) is 38.8. The van der Waals surface area contributed by atoms with Gasteiger partial charge in [-0.2, -0.15) is 0 Å². The van der Waals surface area contributed by atoms with E-state index in [0.29, 0.717) is 122 Å². The Hall–Kier alpha value is -10.9. The van der Waals surface area contributed by atoms with E-state index in [1.165, 1.54) is 42.3 Å². The fraction of sp³-hybridized carbons (Fsp3) is 0.585. The van der Waals surface area contributed by atoms with Gasteiger partial charge in [0.05, 0.1) is 30.9 Å². The molecule has 0 spiro atoms. The number of aliphatic hydroxyl groups is 3. The summed E-state index contributed by atoms with van der Waals surface area (Å²) in [5.74, 6) is -2.12. The largest absolute Gasteiger partial charge is 0.480 e. The van der Waals surface area contributed by atoms with Crippen LogP contribution in [0.3, 0.4) is 0 Å². The SMILES string of the molecule is CC(Br)C(=O)N[C@H](C(=O)N1CCC[C@H]1C(=O)Nc1snnc1-c1ccccc1)C1CCCCC1.CC(Br)C(=O)O.C[C@@H](CCCO)C(=O)N[C@H](C(=O)N1CCC[C@H]1C(=O)Cc1snnc1-c1ccccc1)C1CCCCC1.C[C@H](CCCO)C(=O)N[C@H](C(=O)N1CCC[C@H]1C(=O)Nc1snnc1-c1ccccc1)C1CCCCC1.N#N.NCCO.O=C(Nc1snnc1-c1ccccc1)[C@@H]1CCCN1C(=O)CC1CCCCC1.[2H]CF. The zero-order chi connectivity index (χ0) is 109. The topological polar surface area (TPSA) is 548 Å². The van der Waals surface area contributed by atoms with Gasteiger partial charge in [0, 0.05) is 138 Å². The highest BCUT2D eigenvalue weighted by molar-refractivity contribution is 9.10. The number of amides is 10. The molecule has 12 N–H and O–H groups in total. The van der Waals surface area contributed by atoms with E-state index in [1.807, 2.05) is 135 Å². The molecule has 2 unspecified atom stereocenters. The number of alkyl halides is 3. The van der Waals surface area contributed by atoms with Crippen LogP contribution in [0.1, 0.15) is 246 Å². The Balaban J connectivity index is 0.000000214. The van der Waals surface area contributed by atoms with Crippen LogP contribution < -0.4 is 37.6 Å². The Morgan fingerprint density at radius 3 is 1.02 bits per heavy atom. The Morgan fingerprint density at radius 2 is 0.700 bits per heavy atom. The normalized spacial score (nSPS) is 19.1. The molecule has 37 nitrogen and oxygen atoms in total. The maximum atomic E-state index is 13.9. The van der Waals surface area contributed by atoms with Crippen LogP contribution in [0.5, 0.6) is 0 Å².